The van der Waals surface area contributed by atoms with Crippen LogP contribution >= 0.6 is 0 Å². The number of rotatable bonds is 3. The molecule has 1 aromatic carbocycles. The molecule has 0 amide bonds. The number of alkyl halides is 3. The summed E-state index contributed by atoms with van der Waals surface area (Å²) in [4.78, 5) is 0. The van der Waals surface area contributed by atoms with Gasteiger partial charge in [0.15, 0.2) is 0 Å². The average molecular weight is 233 g/mol. The van der Waals surface area contributed by atoms with Gasteiger partial charge >= 0.3 is 6.18 Å². The maximum absolute atomic E-state index is 12.7. The largest absolute Gasteiger partial charge is 0.496 e. The topological polar surface area (TPSA) is 35.2 Å². The highest BCUT2D eigenvalue weighted by molar-refractivity contribution is 5.42. The molecule has 1 aromatic rings. The summed E-state index contributed by atoms with van der Waals surface area (Å²) in [5.74, 6) is 0.229. The molecule has 16 heavy (non-hydrogen) atoms. The molecule has 1 unspecified atom stereocenters. The van der Waals surface area contributed by atoms with E-state index in [4.69, 9.17) is 10.5 Å². The Morgan fingerprint density at radius 1 is 1.38 bits per heavy atom. The number of methoxy groups -OCH3 is 1. The Kier molecular flexibility index (Phi) is 3.80. The molecule has 0 aliphatic carbocycles. The van der Waals surface area contributed by atoms with Crippen molar-refractivity contribution in [1.29, 1.82) is 0 Å². The summed E-state index contributed by atoms with van der Waals surface area (Å²) in [5.41, 5.74) is 4.98. The lowest BCUT2D eigenvalue weighted by molar-refractivity contribution is -0.138. The lowest BCUT2D eigenvalue weighted by Gasteiger charge is -2.17. The molecule has 2 N–H and O–H groups in total. The van der Waals surface area contributed by atoms with Gasteiger partial charge in [-0.25, -0.2) is 0 Å². The average Bonchev–Trinajstić information content (AvgIpc) is 2.15. The van der Waals surface area contributed by atoms with Crippen molar-refractivity contribution in [2.24, 2.45) is 5.73 Å². The highest BCUT2D eigenvalue weighted by atomic mass is 19.4. The Labute approximate surface area is 92.2 Å². The van der Waals surface area contributed by atoms with E-state index in [1.807, 2.05) is 0 Å². The number of nitrogens with two attached hydrogens (primary N) is 1. The van der Waals surface area contributed by atoms with E-state index in [0.29, 0.717) is 0 Å². The molecule has 0 heterocycles. The molecule has 1 rings (SSSR count). The van der Waals surface area contributed by atoms with Crippen molar-refractivity contribution in [3.05, 3.63) is 29.3 Å². The molecule has 0 saturated heterocycles. The van der Waals surface area contributed by atoms with Gasteiger partial charge in [-0.3, -0.25) is 0 Å². The third kappa shape index (κ3) is 2.88. The Morgan fingerprint density at radius 3 is 2.44 bits per heavy atom. The van der Waals surface area contributed by atoms with E-state index in [0.717, 1.165) is 6.07 Å². The van der Waals surface area contributed by atoms with Gasteiger partial charge in [0, 0.05) is 11.6 Å². The smallest absolute Gasteiger partial charge is 0.416 e. The van der Waals surface area contributed by atoms with E-state index >= 15 is 0 Å². The minimum absolute atomic E-state index is 0.118. The van der Waals surface area contributed by atoms with Gasteiger partial charge in [0.2, 0.25) is 0 Å². The SMILES string of the molecule is COc1cccc(C(F)(F)F)c1CC(C)N. The van der Waals surface area contributed by atoms with Gasteiger partial charge in [-0.05, 0) is 25.5 Å². The van der Waals surface area contributed by atoms with Crippen LogP contribution in [-0.4, -0.2) is 13.2 Å². The first-order chi connectivity index (χ1) is 7.36. The molecule has 5 heteroatoms. The summed E-state index contributed by atoms with van der Waals surface area (Å²) in [6.07, 6.45) is -4.24. The molecule has 0 aliphatic heterocycles. The van der Waals surface area contributed by atoms with Crippen molar-refractivity contribution in [3.63, 3.8) is 0 Å². The number of ether oxygens (including phenoxy) is 1. The fourth-order valence-corrected chi connectivity index (χ4v) is 1.55. The zero-order valence-electron chi connectivity index (χ0n) is 9.14. The summed E-state index contributed by atoms with van der Waals surface area (Å²) in [5, 5.41) is 0. The van der Waals surface area contributed by atoms with Gasteiger partial charge in [-0.2, -0.15) is 13.2 Å². The molecule has 0 fully saturated rings. The van der Waals surface area contributed by atoms with E-state index in [9.17, 15) is 13.2 Å². The van der Waals surface area contributed by atoms with Crippen LogP contribution in [0.3, 0.4) is 0 Å². The molecule has 90 valence electrons. The van der Waals surface area contributed by atoms with Crippen LogP contribution in [0.15, 0.2) is 18.2 Å². The highest BCUT2D eigenvalue weighted by Crippen LogP contribution is 2.36. The zero-order chi connectivity index (χ0) is 12.3. The Morgan fingerprint density at radius 2 is 2.00 bits per heavy atom. The predicted molar refractivity (Wildman–Crippen MR) is 55.3 cm³/mol. The molecule has 0 aromatic heterocycles. The number of benzene rings is 1. The fourth-order valence-electron chi connectivity index (χ4n) is 1.55. The van der Waals surface area contributed by atoms with Gasteiger partial charge in [0.1, 0.15) is 5.75 Å². The first-order valence-electron chi connectivity index (χ1n) is 4.85. The van der Waals surface area contributed by atoms with Crippen molar-refractivity contribution in [2.75, 3.05) is 7.11 Å². The standard InChI is InChI=1S/C11H14F3NO/c1-7(15)6-8-9(11(12,13)14)4-3-5-10(8)16-2/h3-5,7H,6,15H2,1-2H3. The summed E-state index contributed by atoms with van der Waals surface area (Å²) in [6, 6.07) is 3.52. The highest BCUT2D eigenvalue weighted by Gasteiger charge is 2.34. The molecule has 0 bridgehead atoms. The monoisotopic (exact) mass is 233 g/mol. The molecule has 0 radical (unpaired) electrons. The lowest BCUT2D eigenvalue weighted by Crippen LogP contribution is -2.21. The van der Waals surface area contributed by atoms with E-state index in [2.05, 4.69) is 0 Å². The number of hydrogen-bond donors (Lipinski definition) is 1. The molecule has 2 nitrogen and oxygen atoms in total. The third-order valence-corrected chi connectivity index (χ3v) is 2.18. The Hall–Kier alpha value is -1.23. The van der Waals surface area contributed by atoms with Crippen molar-refractivity contribution >= 4 is 0 Å². The maximum Gasteiger partial charge on any atom is 0.416 e. The van der Waals surface area contributed by atoms with Crippen LogP contribution in [0.25, 0.3) is 0 Å². The van der Waals surface area contributed by atoms with Crippen LogP contribution < -0.4 is 10.5 Å². The van der Waals surface area contributed by atoms with Crippen LogP contribution in [0.5, 0.6) is 5.75 Å². The summed E-state index contributed by atoms with van der Waals surface area (Å²) < 4.78 is 43.1. The maximum atomic E-state index is 12.7. The molecule has 0 spiro atoms. The normalized spacial score (nSPS) is 13.6. The van der Waals surface area contributed by atoms with Crippen LogP contribution in [0, 0.1) is 0 Å². The lowest BCUT2D eigenvalue weighted by atomic mass is 9.99. The Balaban J connectivity index is 3.26. The second-order valence-electron chi connectivity index (χ2n) is 3.67. The minimum Gasteiger partial charge on any atom is -0.496 e. The van der Waals surface area contributed by atoms with Crippen molar-refractivity contribution in [3.8, 4) is 5.75 Å². The van der Waals surface area contributed by atoms with Gasteiger partial charge in [-0.1, -0.05) is 6.07 Å². The van der Waals surface area contributed by atoms with Crippen molar-refractivity contribution < 1.29 is 17.9 Å². The number of halogens is 3. The van der Waals surface area contributed by atoms with Crippen LogP contribution in [0.2, 0.25) is 0 Å². The van der Waals surface area contributed by atoms with Gasteiger partial charge in [-0.15, -0.1) is 0 Å². The molecule has 0 saturated carbocycles. The first kappa shape index (κ1) is 12.8. The second-order valence-corrected chi connectivity index (χ2v) is 3.67. The zero-order valence-corrected chi connectivity index (χ0v) is 9.14. The molecule has 0 aliphatic rings. The molecular weight excluding hydrogens is 219 g/mol. The minimum atomic E-state index is -4.38. The van der Waals surface area contributed by atoms with Crippen molar-refractivity contribution in [1.82, 2.24) is 0 Å². The quantitative estimate of drug-likeness (QED) is 0.870. The Bertz CT molecular complexity index is 361. The van der Waals surface area contributed by atoms with Gasteiger partial charge in [0.25, 0.3) is 0 Å². The van der Waals surface area contributed by atoms with E-state index in [-0.39, 0.29) is 23.8 Å². The van der Waals surface area contributed by atoms with Crippen LogP contribution in [0.1, 0.15) is 18.1 Å². The third-order valence-electron chi connectivity index (χ3n) is 2.18. The first-order valence-corrected chi connectivity index (χ1v) is 4.85. The summed E-state index contributed by atoms with van der Waals surface area (Å²) in [6.45, 7) is 1.66. The van der Waals surface area contributed by atoms with Crippen LogP contribution in [0.4, 0.5) is 13.2 Å². The fraction of sp³-hybridized carbons (Fsp3) is 0.455. The summed E-state index contributed by atoms with van der Waals surface area (Å²) >= 11 is 0. The molecule has 1 atom stereocenters. The summed E-state index contributed by atoms with van der Waals surface area (Å²) in [7, 11) is 1.35. The van der Waals surface area contributed by atoms with Gasteiger partial charge in [0.05, 0.1) is 12.7 Å². The predicted octanol–water partition coefficient (Wildman–Crippen LogP) is 2.60. The van der Waals surface area contributed by atoms with Crippen LogP contribution in [-0.2, 0) is 12.6 Å². The van der Waals surface area contributed by atoms with Gasteiger partial charge < -0.3 is 10.5 Å². The second kappa shape index (κ2) is 4.74. The number of hydrogen-bond acceptors (Lipinski definition) is 2. The van der Waals surface area contributed by atoms with E-state index in [1.54, 1.807) is 6.92 Å². The van der Waals surface area contributed by atoms with Crippen molar-refractivity contribution in [2.45, 2.75) is 25.6 Å². The van der Waals surface area contributed by atoms with E-state index in [1.165, 1.54) is 19.2 Å². The molecular formula is C11H14F3NO. The van der Waals surface area contributed by atoms with E-state index < -0.39 is 11.7 Å².